The first-order valence-electron chi connectivity index (χ1n) is 10.9. The summed E-state index contributed by atoms with van der Waals surface area (Å²) in [4.78, 5) is 11.1. The van der Waals surface area contributed by atoms with Crippen LogP contribution in [0.3, 0.4) is 0 Å². The Morgan fingerprint density at radius 1 is 1.10 bits per heavy atom. The second-order valence-electron chi connectivity index (χ2n) is 8.76. The minimum absolute atomic E-state index is 0.0978. The van der Waals surface area contributed by atoms with Gasteiger partial charge in [-0.3, -0.25) is 4.79 Å². The third-order valence-electron chi connectivity index (χ3n) is 6.80. The van der Waals surface area contributed by atoms with Crippen LogP contribution in [0.25, 0.3) is 10.9 Å². The largest absolute Gasteiger partial charge is 0.489 e. The van der Waals surface area contributed by atoms with Crippen molar-refractivity contribution in [3.63, 3.8) is 0 Å². The van der Waals surface area contributed by atoms with Gasteiger partial charge in [-0.2, -0.15) is 0 Å². The van der Waals surface area contributed by atoms with Gasteiger partial charge < -0.3 is 20.1 Å². The smallest absolute Gasteiger partial charge is 0.304 e. The normalized spacial score (nSPS) is 18.7. The maximum absolute atomic E-state index is 11.1. The summed E-state index contributed by atoms with van der Waals surface area (Å²) < 4.78 is 8.30. The monoisotopic (exact) mass is 404 g/mol. The zero-order valence-electron chi connectivity index (χ0n) is 17.1. The summed E-state index contributed by atoms with van der Waals surface area (Å²) >= 11 is 0. The van der Waals surface area contributed by atoms with Crippen molar-refractivity contribution >= 4 is 22.6 Å². The Morgan fingerprint density at radius 3 is 2.70 bits per heavy atom. The highest BCUT2D eigenvalue weighted by Gasteiger charge is 2.26. The number of nitrogens with two attached hydrogens (primary N) is 1. The quantitative estimate of drug-likeness (QED) is 0.538. The minimum Gasteiger partial charge on any atom is -0.489 e. The van der Waals surface area contributed by atoms with Crippen LogP contribution < -0.4 is 10.5 Å². The molecular weight excluding hydrogens is 376 g/mol. The Hall–Kier alpha value is -2.95. The second kappa shape index (κ2) is 7.71. The number of carboxylic acids is 1. The van der Waals surface area contributed by atoms with Crippen molar-refractivity contribution in [2.45, 2.75) is 63.5 Å². The molecule has 5 rings (SSSR count). The van der Waals surface area contributed by atoms with Crippen LogP contribution in [0.5, 0.6) is 5.75 Å². The first-order valence-corrected chi connectivity index (χ1v) is 10.9. The van der Waals surface area contributed by atoms with E-state index in [1.54, 1.807) is 0 Å². The summed E-state index contributed by atoms with van der Waals surface area (Å²) in [5.41, 5.74) is 11.9. The van der Waals surface area contributed by atoms with Gasteiger partial charge in [0.05, 0.1) is 6.42 Å². The molecule has 3 aromatic rings. The van der Waals surface area contributed by atoms with E-state index in [4.69, 9.17) is 15.6 Å². The molecule has 1 atom stereocenters. The molecule has 0 radical (unpaired) electrons. The van der Waals surface area contributed by atoms with Gasteiger partial charge in [-0.25, -0.2) is 0 Å². The van der Waals surface area contributed by atoms with E-state index in [1.807, 2.05) is 6.07 Å². The lowest BCUT2D eigenvalue weighted by Gasteiger charge is -2.14. The molecule has 2 heterocycles. The molecule has 1 unspecified atom stereocenters. The highest BCUT2D eigenvalue weighted by atomic mass is 16.5. The summed E-state index contributed by atoms with van der Waals surface area (Å²) in [6, 6.07) is 14.6. The molecule has 1 saturated carbocycles. The molecule has 0 spiro atoms. The fourth-order valence-corrected chi connectivity index (χ4v) is 5.29. The number of ether oxygens (including phenoxy) is 1. The number of carbonyl (C=O) groups is 1. The third kappa shape index (κ3) is 3.53. The molecule has 2 aliphatic rings. The molecule has 30 heavy (non-hydrogen) atoms. The van der Waals surface area contributed by atoms with Crippen LogP contribution in [0.1, 0.15) is 67.2 Å². The Morgan fingerprint density at radius 2 is 1.93 bits per heavy atom. The van der Waals surface area contributed by atoms with Crippen molar-refractivity contribution in [1.29, 1.82) is 0 Å². The molecular formula is C25H28N2O3. The molecule has 1 aromatic heterocycles. The van der Waals surface area contributed by atoms with Gasteiger partial charge in [-0.1, -0.05) is 25.0 Å². The predicted octanol–water partition coefficient (Wildman–Crippen LogP) is 5.42. The predicted molar refractivity (Wildman–Crippen MR) is 118 cm³/mol. The van der Waals surface area contributed by atoms with E-state index in [-0.39, 0.29) is 12.3 Å². The fourth-order valence-electron chi connectivity index (χ4n) is 5.29. The van der Waals surface area contributed by atoms with Crippen LogP contribution in [0.4, 0.5) is 5.69 Å². The number of nitrogens with zero attached hydrogens (tertiary/aromatic N) is 1. The highest BCUT2D eigenvalue weighted by molar-refractivity contribution is 5.83. The molecule has 5 heteroatoms. The van der Waals surface area contributed by atoms with Crippen LogP contribution in [0.2, 0.25) is 0 Å². The van der Waals surface area contributed by atoms with Crippen LogP contribution in [0, 0.1) is 0 Å². The average molecular weight is 405 g/mol. The lowest BCUT2D eigenvalue weighted by molar-refractivity contribution is -0.137. The van der Waals surface area contributed by atoms with Gasteiger partial charge in [-0.15, -0.1) is 0 Å². The molecule has 1 aliphatic carbocycles. The zero-order chi connectivity index (χ0) is 20.7. The molecule has 0 amide bonds. The number of fused-ring (bicyclic) bond motifs is 3. The number of aliphatic carboxylic acids is 1. The molecule has 5 nitrogen and oxygen atoms in total. The summed E-state index contributed by atoms with van der Waals surface area (Å²) in [7, 11) is 0. The van der Waals surface area contributed by atoms with Gasteiger partial charge in [0.25, 0.3) is 0 Å². The lowest BCUT2D eigenvalue weighted by atomic mass is 9.95. The van der Waals surface area contributed by atoms with E-state index in [1.165, 1.54) is 31.2 Å². The van der Waals surface area contributed by atoms with Gasteiger partial charge in [0.15, 0.2) is 0 Å². The molecule has 1 aliphatic heterocycles. The first kappa shape index (κ1) is 19.0. The van der Waals surface area contributed by atoms with Crippen molar-refractivity contribution in [2.75, 3.05) is 5.73 Å². The third-order valence-corrected chi connectivity index (χ3v) is 6.80. The number of rotatable bonds is 6. The number of aromatic nitrogens is 1. The lowest BCUT2D eigenvalue weighted by Crippen LogP contribution is -2.02. The van der Waals surface area contributed by atoms with Crippen LogP contribution >= 0.6 is 0 Å². The van der Waals surface area contributed by atoms with Gasteiger partial charge >= 0.3 is 5.97 Å². The van der Waals surface area contributed by atoms with Gasteiger partial charge in [-0.05, 0) is 66.6 Å². The number of hydrogen-bond acceptors (Lipinski definition) is 3. The number of carboxylic acid groups (broad SMARTS) is 1. The number of aryl methyl sites for hydroxylation is 1. The Bertz CT molecular complexity index is 1100. The Balaban J connectivity index is 1.30. The zero-order valence-corrected chi connectivity index (χ0v) is 17.1. The summed E-state index contributed by atoms with van der Waals surface area (Å²) in [5.74, 6) is 0.797. The van der Waals surface area contributed by atoms with E-state index in [0.717, 1.165) is 46.6 Å². The van der Waals surface area contributed by atoms with Crippen LogP contribution in [-0.2, 0) is 17.9 Å². The van der Waals surface area contributed by atoms with Crippen molar-refractivity contribution in [3.8, 4) is 5.75 Å². The van der Waals surface area contributed by atoms with Gasteiger partial charge in [0.2, 0.25) is 0 Å². The molecule has 156 valence electrons. The molecule has 1 fully saturated rings. The summed E-state index contributed by atoms with van der Waals surface area (Å²) in [6.07, 6.45) is 6.19. The number of anilines is 1. The molecule has 3 N–H and O–H groups in total. The fraction of sp³-hybridized carbons (Fsp3) is 0.400. The topological polar surface area (TPSA) is 77.5 Å². The Kier molecular flexibility index (Phi) is 4.89. The number of nitrogen functional groups attached to an aromatic ring is 1. The molecule has 2 aromatic carbocycles. The molecule has 0 bridgehead atoms. The SMILES string of the molecule is Nc1cc(COc2ccc3c(c2)cc2n3CCC2CC(=O)O)ccc1C1CCCC1. The van der Waals surface area contributed by atoms with Gasteiger partial charge in [0.1, 0.15) is 12.4 Å². The van der Waals surface area contributed by atoms with Crippen molar-refractivity contribution < 1.29 is 14.6 Å². The van der Waals surface area contributed by atoms with Crippen molar-refractivity contribution in [1.82, 2.24) is 4.57 Å². The van der Waals surface area contributed by atoms with E-state index in [2.05, 4.69) is 41.0 Å². The van der Waals surface area contributed by atoms with Crippen LogP contribution in [0.15, 0.2) is 42.5 Å². The van der Waals surface area contributed by atoms with E-state index in [0.29, 0.717) is 12.5 Å². The number of hydrogen-bond donors (Lipinski definition) is 2. The average Bonchev–Trinajstić information content (AvgIpc) is 3.44. The standard InChI is InChI=1S/C25H28N2O3/c26-22-11-16(5-7-21(22)17-3-1-2-4-17)15-30-20-6-8-23-19(12-20)13-24-18(14-25(28)29)9-10-27(23)24/h5-8,11-13,17-18H,1-4,9-10,14-15,26H2,(H,28,29). The van der Waals surface area contributed by atoms with E-state index < -0.39 is 5.97 Å². The van der Waals surface area contributed by atoms with Crippen molar-refractivity contribution in [2.24, 2.45) is 0 Å². The van der Waals surface area contributed by atoms with Crippen molar-refractivity contribution in [3.05, 3.63) is 59.3 Å². The number of benzene rings is 2. The summed E-state index contributed by atoms with van der Waals surface area (Å²) in [5, 5.41) is 10.3. The first-order chi connectivity index (χ1) is 14.6. The maximum Gasteiger partial charge on any atom is 0.304 e. The molecule has 0 saturated heterocycles. The minimum atomic E-state index is -0.735. The van der Waals surface area contributed by atoms with E-state index >= 15 is 0 Å². The van der Waals surface area contributed by atoms with Gasteiger partial charge in [0, 0.05) is 34.7 Å². The maximum atomic E-state index is 11.1. The van der Waals surface area contributed by atoms with Crippen LogP contribution in [-0.4, -0.2) is 15.6 Å². The highest BCUT2D eigenvalue weighted by Crippen LogP contribution is 2.38. The Labute approximate surface area is 176 Å². The summed E-state index contributed by atoms with van der Waals surface area (Å²) in [6.45, 7) is 1.36. The van der Waals surface area contributed by atoms with E-state index in [9.17, 15) is 4.79 Å². The second-order valence-corrected chi connectivity index (χ2v) is 8.76.